The van der Waals surface area contributed by atoms with Crippen molar-refractivity contribution in [3.05, 3.63) is 55.6 Å². The lowest BCUT2D eigenvalue weighted by Gasteiger charge is -2.19. The predicted octanol–water partition coefficient (Wildman–Crippen LogP) is 5.84. The van der Waals surface area contributed by atoms with Crippen LogP contribution in [0.5, 0.6) is 0 Å². The van der Waals surface area contributed by atoms with Crippen LogP contribution in [0.15, 0.2) is 40.2 Å². The topological polar surface area (TPSA) is 12.0 Å². The average molecular weight is 373 g/mol. The molecule has 0 aliphatic heterocycles. The summed E-state index contributed by atoms with van der Waals surface area (Å²) in [7, 11) is 0. The third-order valence-corrected chi connectivity index (χ3v) is 4.80. The van der Waals surface area contributed by atoms with Crippen LogP contribution in [0.1, 0.15) is 36.2 Å². The van der Waals surface area contributed by atoms with E-state index in [9.17, 15) is 0 Å². The van der Waals surface area contributed by atoms with Crippen molar-refractivity contribution in [3.63, 3.8) is 0 Å². The van der Waals surface area contributed by atoms with Gasteiger partial charge in [-0.25, -0.2) is 0 Å². The van der Waals surface area contributed by atoms with Crippen LogP contribution >= 0.6 is 38.9 Å². The van der Waals surface area contributed by atoms with Crippen molar-refractivity contribution in [2.45, 2.75) is 32.2 Å². The molecule has 1 heterocycles. The molecular weight excluding hydrogens is 354 g/mol. The van der Waals surface area contributed by atoms with Crippen LogP contribution in [0.2, 0.25) is 5.02 Å². The van der Waals surface area contributed by atoms with Gasteiger partial charge in [0.05, 0.1) is 0 Å². The second kappa shape index (κ2) is 8.18. The zero-order valence-corrected chi connectivity index (χ0v) is 14.7. The lowest BCUT2D eigenvalue weighted by atomic mass is 10.0. The molecule has 1 unspecified atom stereocenters. The maximum atomic E-state index is 6.17. The molecule has 108 valence electrons. The fraction of sp³-hybridized carbons (Fsp3) is 0.375. The molecule has 1 atom stereocenters. The molecule has 4 heteroatoms. The standard InChI is InChI=1S/C16H19BrClNS/c1-2-7-19-16(6-5-15-4-3-8-20-15)12-9-13(17)11-14(18)10-12/h3-4,8-11,16,19H,2,5-7H2,1H3. The second-order valence-electron chi connectivity index (χ2n) is 4.83. The maximum absolute atomic E-state index is 6.17. The Morgan fingerprint density at radius 2 is 2.20 bits per heavy atom. The van der Waals surface area contributed by atoms with Gasteiger partial charge in [-0.3, -0.25) is 0 Å². The Bertz CT molecular complexity index is 507. The van der Waals surface area contributed by atoms with Gasteiger partial charge < -0.3 is 5.32 Å². The average Bonchev–Trinajstić information content (AvgIpc) is 2.91. The molecule has 0 aliphatic carbocycles. The Kier molecular flexibility index (Phi) is 6.56. The number of hydrogen-bond donors (Lipinski definition) is 1. The highest BCUT2D eigenvalue weighted by molar-refractivity contribution is 9.10. The van der Waals surface area contributed by atoms with E-state index in [2.05, 4.69) is 57.8 Å². The van der Waals surface area contributed by atoms with Gasteiger partial charge in [-0.15, -0.1) is 11.3 Å². The van der Waals surface area contributed by atoms with Crippen LogP contribution in [0.4, 0.5) is 0 Å². The second-order valence-corrected chi connectivity index (χ2v) is 7.21. The van der Waals surface area contributed by atoms with E-state index in [0.717, 1.165) is 35.3 Å². The summed E-state index contributed by atoms with van der Waals surface area (Å²) in [4.78, 5) is 1.44. The molecule has 20 heavy (non-hydrogen) atoms. The summed E-state index contributed by atoms with van der Waals surface area (Å²) >= 11 is 11.5. The van der Waals surface area contributed by atoms with Gasteiger partial charge in [-0.2, -0.15) is 0 Å². The smallest absolute Gasteiger partial charge is 0.0420 e. The summed E-state index contributed by atoms with van der Waals surface area (Å²) in [5.74, 6) is 0. The molecule has 0 saturated heterocycles. The van der Waals surface area contributed by atoms with Gasteiger partial charge in [0.15, 0.2) is 0 Å². The fourth-order valence-corrected chi connectivity index (χ4v) is 3.83. The van der Waals surface area contributed by atoms with Crippen LogP contribution < -0.4 is 5.32 Å². The summed E-state index contributed by atoms with van der Waals surface area (Å²) in [5.41, 5.74) is 1.26. The Morgan fingerprint density at radius 1 is 1.35 bits per heavy atom. The van der Waals surface area contributed by atoms with E-state index >= 15 is 0 Å². The van der Waals surface area contributed by atoms with Gasteiger partial charge in [-0.1, -0.05) is 40.5 Å². The van der Waals surface area contributed by atoms with Gasteiger partial charge in [0, 0.05) is 20.4 Å². The predicted molar refractivity (Wildman–Crippen MR) is 92.8 cm³/mol. The third kappa shape index (κ3) is 4.88. The van der Waals surface area contributed by atoms with Crippen LogP contribution in [0, 0.1) is 0 Å². The molecule has 0 amide bonds. The minimum absolute atomic E-state index is 0.354. The van der Waals surface area contributed by atoms with Crippen molar-refractivity contribution in [1.82, 2.24) is 5.32 Å². The monoisotopic (exact) mass is 371 g/mol. The Morgan fingerprint density at radius 3 is 2.85 bits per heavy atom. The summed E-state index contributed by atoms with van der Waals surface area (Å²) < 4.78 is 1.04. The van der Waals surface area contributed by atoms with Gasteiger partial charge in [0.25, 0.3) is 0 Å². The molecule has 0 saturated carbocycles. The van der Waals surface area contributed by atoms with Crippen LogP contribution in [0.25, 0.3) is 0 Å². The third-order valence-electron chi connectivity index (χ3n) is 3.19. The zero-order valence-electron chi connectivity index (χ0n) is 11.5. The number of halogens is 2. The molecule has 2 aromatic rings. The molecule has 1 N–H and O–H groups in total. The molecule has 0 radical (unpaired) electrons. The van der Waals surface area contributed by atoms with E-state index in [1.807, 2.05) is 17.4 Å². The van der Waals surface area contributed by atoms with E-state index in [4.69, 9.17) is 11.6 Å². The molecule has 0 spiro atoms. The van der Waals surface area contributed by atoms with Gasteiger partial charge in [-0.05, 0) is 61.0 Å². The Labute approximate surface area is 138 Å². The van der Waals surface area contributed by atoms with E-state index in [1.165, 1.54) is 10.4 Å². The van der Waals surface area contributed by atoms with Gasteiger partial charge in [0.1, 0.15) is 0 Å². The molecule has 1 aromatic carbocycles. The van der Waals surface area contributed by atoms with Crippen molar-refractivity contribution in [1.29, 1.82) is 0 Å². The van der Waals surface area contributed by atoms with Crippen LogP contribution in [0.3, 0.4) is 0 Å². The highest BCUT2D eigenvalue weighted by atomic mass is 79.9. The highest BCUT2D eigenvalue weighted by Gasteiger charge is 2.12. The first-order chi connectivity index (χ1) is 9.69. The Hall–Kier alpha value is -0.350. The lowest BCUT2D eigenvalue weighted by molar-refractivity contribution is 0.500. The van der Waals surface area contributed by atoms with E-state index in [0.29, 0.717) is 6.04 Å². The van der Waals surface area contributed by atoms with E-state index in [1.54, 1.807) is 0 Å². The number of nitrogens with one attached hydrogen (secondary N) is 1. The normalized spacial score (nSPS) is 12.6. The molecule has 2 rings (SSSR count). The molecule has 1 nitrogen and oxygen atoms in total. The van der Waals surface area contributed by atoms with Crippen molar-refractivity contribution in [3.8, 4) is 0 Å². The van der Waals surface area contributed by atoms with Gasteiger partial charge >= 0.3 is 0 Å². The first kappa shape index (κ1) is 16.0. The number of benzene rings is 1. The maximum Gasteiger partial charge on any atom is 0.0420 e. The summed E-state index contributed by atoms with van der Waals surface area (Å²) in [6.07, 6.45) is 3.33. The first-order valence-electron chi connectivity index (χ1n) is 6.90. The summed E-state index contributed by atoms with van der Waals surface area (Å²) in [6, 6.07) is 10.8. The first-order valence-corrected chi connectivity index (χ1v) is 8.96. The van der Waals surface area contributed by atoms with Crippen LogP contribution in [-0.2, 0) is 6.42 Å². The van der Waals surface area contributed by atoms with Crippen LogP contribution in [-0.4, -0.2) is 6.54 Å². The molecule has 0 bridgehead atoms. The quantitative estimate of drug-likeness (QED) is 0.644. The summed E-state index contributed by atoms with van der Waals surface area (Å²) in [5, 5.41) is 6.55. The number of hydrogen-bond acceptors (Lipinski definition) is 2. The minimum atomic E-state index is 0.354. The van der Waals surface area contributed by atoms with E-state index in [-0.39, 0.29) is 0 Å². The fourth-order valence-electron chi connectivity index (χ4n) is 2.22. The van der Waals surface area contributed by atoms with E-state index < -0.39 is 0 Å². The highest BCUT2D eigenvalue weighted by Crippen LogP contribution is 2.27. The molecule has 0 fully saturated rings. The largest absolute Gasteiger partial charge is 0.310 e. The number of thiophene rings is 1. The van der Waals surface area contributed by atoms with Crippen molar-refractivity contribution < 1.29 is 0 Å². The van der Waals surface area contributed by atoms with Crippen molar-refractivity contribution in [2.75, 3.05) is 6.54 Å². The minimum Gasteiger partial charge on any atom is -0.310 e. The van der Waals surface area contributed by atoms with Crippen molar-refractivity contribution in [2.24, 2.45) is 0 Å². The summed E-state index contributed by atoms with van der Waals surface area (Å²) in [6.45, 7) is 3.22. The molecule has 1 aromatic heterocycles. The lowest BCUT2D eigenvalue weighted by Crippen LogP contribution is -2.22. The Balaban J connectivity index is 2.09. The van der Waals surface area contributed by atoms with Crippen molar-refractivity contribution >= 4 is 38.9 Å². The molecule has 0 aliphatic rings. The SMILES string of the molecule is CCCNC(CCc1cccs1)c1cc(Cl)cc(Br)c1. The number of aryl methyl sites for hydroxylation is 1. The molecular formula is C16H19BrClNS. The number of rotatable bonds is 7. The zero-order chi connectivity index (χ0) is 14.4. The van der Waals surface area contributed by atoms with Gasteiger partial charge in [0.2, 0.25) is 0 Å².